The van der Waals surface area contributed by atoms with Crippen LogP contribution in [-0.2, 0) is 0 Å². The molecule has 0 aliphatic carbocycles. The van der Waals surface area contributed by atoms with E-state index in [2.05, 4.69) is 39.7 Å². The zero-order chi connectivity index (χ0) is 14.6. The maximum absolute atomic E-state index is 10.7. The highest BCUT2D eigenvalue weighted by Gasteiger charge is 2.22. The topological polar surface area (TPSA) is 85.3 Å². The van der Waals surface area contributed by atoms with E-state index in [1.54, 1.807) is 0 Å². The molecule has 2 N–H and O–H groups in total. The fourth-order valence-electron chi connectivity index (χ4n) is 1.67. The Labute approximate surface area is 121 Å². The molecule has 0 amide bonds. The van der Waals surface area contributed by atoms with Crippen molar-refractivity contribution in [2.45, 2.75) is 20.8 Å². The number of nitro groups is 1. The summed E-state index contributed by atoms with van der Waals surface area (Å²) in [7, 11) is 0. The van der Waals surface area contributed by atoms with Crippen molar-refractivity contribution >= 4 is 27.4 Å². The average molecular weight is 331 g/mol. The molecule has 0 unspecified atom stereocenters. The van der Waals surface area contributed by atoms with Crippen LogP contribution in [-0.4, -0.2) is 29.5 Å². The summed E-state index contributed by atoms with van der Waals surface area (Å²) in [5, 5.41) is 10.7. The molecule has 0 spiro atoms. The van der Waals surface area contributed by atoms with Crippen LogP contribution in [0.5, 0.6) is 0 Å². The fourth-order valence-corrected chi connectivity index (χ4v) is 2.26. The zero-order valence-corrected chi connectivity index (χ0v) is 13.0. The summed E-state index contributed by atoms with van der Waals surface area (Å²) in [6.07, 6.45) is 1.28. The molecule has 1 aromatic rings. The van der Waals surface area contributed by atoms with Gasteiger partial charge in [0.05, 0.1) is 9.40 Å². The summed E-state index contributed by atoms with van der Waals surface area (Å²) >= 11 is 3.35. The highest BCUT2D eigenvalue weighted by Crippen LogP contribution is 2.29. The molecule has 0 aliphatic heterocycles. The van der Waals surface area contributed by atoms with Crippen LogP contribution >= 0.6 is 15.9 Å². The fraction of sp³-hybridized carbons (Fsp3) is 0.583. The number of nitrogens with zero attached hydrogens (tertiary/aromatic N) is 3. The Balaban J connectivity index is 3.02. The Morgan fingerprint density at radius 2 is 2.21 bits per heavy atom. The number of anilines is 1. The zero-order valence-electron chi connectivity index (χ0n) is 11.4. The third kappa shape index (κ3) is 4.14. The van der Waals surface area contributed by atoms with Gasteiger partial charge in [-0.15, -0.1) is 0 Å². The molecule has 0 aromatic carbocycles. The van der Waals surface area contributed by atoms with Gasteiger partial charge in [-0.3, -0.25) is 10.1 Å². The maximum Gasteiger partial charge on any atom is 0.288 e. The Kier molecular flexibility index (Phi) is 5.25. The monoisotopic (exact) mass is 330 g/mol. The van der Waals surface area contributed by atoms with Gasteiger partial charge in [-0.2, -0.15) is 0 Å². The van der Waals surface area contributed by atoms with Gasteiger partial charge in [-0.25, -0.2) is 4.98 Å². The van der Waals surface area contributed by atoms with Gasteiger partial charge in [0, 0.05) is 19.2 Å². The Morgan fingerprint density at radius 1 is 1.58 bits per heavy atom. The van der Waals surface area contributed by atoms with Gasteiger partial charge in [0.2, 0.25) is 0 Å². The first-order valence-electron chi connectivity index (χ1n) is 6.05. The van der Waals surface area contributed by atoms with Crippen LogP contribution in [0.1, 0.15) is 20.8 Å². The van der Waals surface area contributed by atoms with Gasteiger partial charge in [-0.05, 0) is 34.8 Å². The highest BCUT2D eigenvalue weighted by molar-refractivity contribution is 9.10. The molecule has 7 heteroatoms. The Bertz CT molecular complexity index is 465. The molecular weight excluding hydrogens is 312 g/mol. The molecule has 0 bridgehead atoms. The van der Waals surface area contributed by atoms with Crippen LogP contribution in [0.2, 0.25) is 0 Å². The molecule has 1 rings (SSSR count). The number of rotatable bonds is 6. The normalized spacial score (nSPS) is 11.4. The quantitative estimate of drug-likeness (QED) is 0.640. The maximum atomic E-state index is 10.7. The van der Waals surface area contributed by atoms with E-state index >= 15 is 0 Å². The number of pyridine rings is 1. The smallest absolute Gasteiger partial charge is 0.288 e. The summed E-state index contributed by atoms with van der Waals surface area (Å²) in [5.41, 5.74) is 5.68. The van der Waals surface area contributed by atoms with Crippen LogP contribution in [0.3, 0.4) is 0 Å². The van der Waals surface area contributed by atoms with E-state index in [0.29, 0.717) is 16.8 Å². The second-order valence-electron chi connectivity index (χ2n) is 5.14. The van der Waals surface area contributed by atoms with E-state index in [1.165, 1.54) is 12.3 Å². The Hall–Kier alpha value is -1.21. The van der Waals surface area contributed by atoms with Crippen molar-refractivity contribution in [3.63, 3.8) is 0 Å². The first-order chi connectivity index (χ1) is 8.80. The molecule has 106 valence electrons. The first-order valence-corrected chi connectivity index (χ1v) is 6.85. The minimum Gasteiger partial charge on any atom is -0.355 e. The largest absolute Gasteiger partial charge is 0.355 e. The van der Waals surface area contributed by atoms with Gasteiger partial charge in [0.1, 0.15) is 12.0 Å². The van der Waals surface area contributed by atoms with Crippen molar-refractivity contribution in [3.8, 4) is 0 Å². The predicted octanol–water partition coefficient (Wildman–Crippen LogP) is 2.56. The molecule has 0 radical (unpaired) electrons. The lowest BCUT2D eigenvalue weighted by molar-refractivity contribution is -0.385. The summed E-state index contributed by atoms with van der Waals surface area (Å²) in [6.45, 7) is 8.23. The lowest BCUT2D eigenvalue weighted by Crippen LogP contribution is -2.39. The summed E-state index contributed by atoms with van der Waals surface area (Å²) in [4.78, 5) is 16.5. The lowest BCUT2D eigenvalue weighted by Gasteiger charge is -2.32. The number of nitrogens with two attached hydrogens (primary N) is 1. The average Bonchev–Trinajstić information content (AvgIpc) is 2.36. The van der Waals surface area contributed by atoms with E-state index in [9.17, 15) is 10.1 Å². The van der Waals surface area contributed by atoms with Gasteiger partial charge in [-0.1, -0.05) is 13.8 Å². The van der Waals surface area contributed by atoms with E-state index in [1.807, 2.05) is 6.92 Å². The molecule has 6 nitrogen and oxygen atoms in total. The van der Waals surface area contributed by atoms with Crippen molar-refractivity contribution in [1.82, 2.24) is 4.98 Å². The van der Waals surface area contributed by atoms with Crippen LogP contribution in [0.4, 0.5) is 11.5 Å². The molecule has 0 saturated carbocycles. The second-order valence-corrected chi connectivity index (χ2v) is 5.99. The number of aromatic nitrogens is 1. The minimum absolute atomic E-state index is 0.0234. The number of hydrogen-bond donors (Lipinski definition) is 1. The van der Waals surface area contributed by atoms with Crippen LogP contribution < -0.4 is 10.6 Å². The van der Waals surface area contributed by atoms with Crippen molar-refractivity contribution in [1.29, 1.82) is 0 Å². The molecule has 0 saturated heterocycles. The Morgan fingerprint density at radius 3 is 2.63 bits per heavy atom. The molecular formula is C12H19BrN4O2. The van der Waals surface area contributed by atoms with E-state index in [0.717, 1.165) is 13.1 Å². The highest BCUT2D eigenvalue weighted by atomic mass is 79.9. The van der Waals surface area contributed by atoms with Crippen molar-refractivity contribution < 1.29 is 4.92 Å². The van der Waals surface area contributed by atoms with E-state index in [-0.39, 0.29) is 11.1 Å². The van der Waals surface area contributed by atoms with Gasteiger partial charge in [0.15, 0.2) is 0 Å². The molecule has 1 heterocycles. The predicted molar refractivity (Wildman–Crippen MR) is 79.3 cm³/mol. The molecule has 19 heavy (non-hydrogen) atoms. The molecule has 0 aliphatic rings. The second kappa shape index (κ2) is 6.29. The summed E-state index contributed by atoms with van der Waals surface area (Å²) in [6, 6.07) is 1.47. The van der Waals surface area contributed by atoms with Crippen LogP contribution in [0.25, 0.3) is 0 Å². The standard InChI is InChI=1S/C12H19BrN4O2/c1-4-16(8-12(2,3)7-14)11-10(13)5-9(6-15-11)17(18)19/h5-6H,4,7-8,14H2,1-3H3. The number of hydrogen-bond acceptors (Lipinski definition) is 5. The van der Waals surface area contributed by atoms with Gasteiger partial charge >= 0.3 is 0 Å². The lowest BCUT2D eigenvalue weighted by atomic mass is 9.93. The van der Waals surface area contributed by atoms with E-state index in [4.69, 9.17) is 5.73 Å². The van der Waals surface area contributed by atoms with Gasteiger partial charge < -0.3 is 10.6 Å². The van der Waals surface area contributed by atoms with Crippen LogP contribution in [0, 0.1) is 15.5 Å². The third-order valence-electron chi connectivity index (χ3n) is 2.87. The van der Waals surface area contributed by atoms with Gasteiger partial charge in [0.25, 0.3) is 5.69 Å². The summed E-state index contributed by atoms with van der Waals surface area (Å²) in [5.74, 6) is 0.703. The summed E-state index contributed by atoms with van der Waals surface area (Å²) < 4.78 is 0.622. The molecule has 0 atom stereocenters. The SMILES string of the molecule is CCN(CC(C)(C)CN)c1ncc([N+](=O)[O-])cc1Br. The van der Waals surface area contributed by atoms with Crippen molar-refractivity contribution in [3.05, 3.63) is 26.9 Å². The minimum atomic E-state index is -0.457. The third-order valence-corrected chi connectivity index (χ3v) is 3.45. The first kappa shape index (κ1) is 15.8. The molecule has 0 fully saturated rings. The van der Waals surface area contributed by atoms with Crippen molar-refractivity contribution in [2.75, 3.05) is 24.5 Å². The number of halogens is 1. The van der Waals surface area contributed by atoms with Crippen molar-refractivity contribution in [2.24, 2.45) is 11.1 Å². The van der Waals surface area contributed by atoms with E-state index < -0.39 is 4.92 Å². The molecule has 1 aromatic heterocycles. The van der Waals surface area contributed by atoms with Crippen LogP contribution in [0.15, 0.2) is 16.7 Å².